The predicted molar refractivity (Wildman–Crippen MR) is 73.0 cm³/mol. The second-order valence-electron chi connectivity index (χ2n) is 3.48. The molecule has 0 heterocycles. The van der Waals surface area contributed by atoms with Crippen LogP contribution < -0.4 is 10.2 Å². The van der Waals surface area contributed by atoms with Crippen LogP contribution in [0.15, 0.2) is 54.6 Å². The van der Waals surface area contributed by atoms with Crippen molar-refractivity contribution in [1.82, 2.24) is 0 Å². The highest BCUT2D eigenvalue weighted by atomic mass is 16.5. The molecule has 0 fully saturated rings. The third-order valence-corrected chi connectivity index (χ3v) is 2.14. The van der Waals surface area contributed by atoms with Gasteiger partial charge in [0.15, 0.2) is 0 Å². The van der Waals surface area contributed by atoms with Crippen LogP contribution in [0.4, 0.5) is 0 Å². The Kier molecular flexibility index (Phi) is 6.70. The first-order valence-corrected chi connectivity index (χ1v) is 5.46. The van der Waals surface area contributed by atoms with Crippen molar-refractivity contribution < 1.29 is 24.8 Å². The van der Waals surface area contributed by atoms with Crippen LogP contribution in [0.5, 0.6) is 11.5 Å². The van der Waals surface area contributed by atoms with Crippen LogP contribution in [0.3, 0.4) is 0 Å². The van der Waals surface area contributed by atoms with Crippen LogP contribution in [0.25, 0.3) is 0 Å². The third kappa shape index (κ3) is 5.58. The first-order valence-electron chi connectivity index (χ1n) is 5.46. The molecule has 2 aromatic rings. The van der Waals surface area contributed by atoms with Gasteiger partial charge in [-0.3, -0.25) is 0 Å². The summed E-state index contributed by atoms with van der Waals surface area (Å²) in [7, 11) is -1.47. The van der Waals surface area contributed by atoms with Crippen molar-refractivity contribution in [3.63, 3.8) is 0 Å². The highest BCUT2D eigenvalue weighted by Gasteiger charge is 2.11. The van der Waals surface area contributed by atoms with Crippen LogP contribution in [-0.4, -0.2) is 34.9 Å². The van der Waals surface area contributed by atoms with Gasteiger partial charge in [0.2, 0.25) is 0 Å². The molecule has 5 nitrogen and oxygen atoms in total. The average molecular weight is 259 g/mol. The van der Waals surface area contributed by atoms with Crippen LogP contribution in [-0.2, 0) is 0 Å². The van der Waals surface area contributed by atoms with E-state index < -0.39 is 7.12 Å². The Labute approximate surface area is 112 Å². The number of rotatable bonds is 3. The maximum atomic E-state index is 9.01. The monoisotopic (exact) mass is 259 g/mol. The summed E-state index contributed by atoms with van der Waals surface area (Å²) in [6.45, 7) is 0. The lowest BCUT2D eigenvalue weighted by molar-refractivity contribution is 0.425. The molecular formula is C12H13B2O5. The molecule has 7 heteroatoms. The minimum absolute atomic E-state index is 0. The molecule has 0 aromatic heterocycles. The van der Waals surface area contributed by atoms with Gasteiger partial charge in [0.25, 0.3) is 0 Å². The zero-order valence-corrected chi connectivity index (χ0v) is 10.0. The van der Waals surface area contributed by atoms with Crippen molar-refractivity contribution in [3.05, 3.63) is 54.6 Å². The molecule has 0 spiro atoms. The van der Waals surface area contributed by atoms with Gasteiger partial charge in [-0.05, 0) is 29.7 Å². The van der Waals surface area contributed by atoms with E-state index in [1.54, 1.807) is 24.3 Å². The maximum absolute atomic E-state index is 9.01. The number of hydrogen-bond donors (Lipinski definition) is 4. The van der Waals surface area contributed by atoms with Gasteiger partial charge in [0, 0.05) is 0 Å². The van der Waals surface area contributed by atoms with Gasteiger partial charge in [0.05, 0.1) is 0 Å². The SMILES string of the molecule is OB(O)c1cccc(Oc2ccccc2)c1.O[B]O. The molecule has 0 aliphatic heterocycles. The van der Waals surface area contributed by atoms with Gasteiger partial charge in [-0.1, -0.05) is 30.3 Å². The summed E-state index contributed by atoms with van der Waals surface area (Å²) >= 11 is 0. The third-order valence-electron chi connectivity index (χ3n) is 2.14. The largest absolute Gasteiger partial charge is 0.488 e. The van der Waals surface area contributed by atoms with Crippen LogP contribution >= 0.6 is 0 Å². The lowest BCUT2D eigenvalue weighted by Gasteiger charge is -2.06. The minimum atomic E-state index is -1.47. The number of para-hydroxylation sites is 1. The van der Waals surface area contributed by atoms with E-state index in [-0.39, 0.29) is 7.69 Å². The average Bonchev–Trinajstić information content (AvgIpc) is 2.41. The zero-order valence-electron chi connectivity index (χ0n) is 10.0. The summed E-state index contributed by atoms with van der Waals surface area (Å²) in [6.07, 6.45) is 0. The molecule has 0 aliphatic carbocycles. The van der Waals surface area contributed by atoms with Crippen molar-refractivity contribution >= 4 is 20.3 Å². The summed E-state index contributed by atoms with van der Waals surface area (Å²) in [4.78, 5) is 0. The Balaban J connectivity index is 0.000000550. The molecule has 0 bridgehead atoms. The molecule has 2 aromatic carbocycles. The van der Waals surface area contributed by atoms with E-state index >= 15 is 0 Å². The molecular weight excluding hydrogens is 246 g/mol. The fourth-order valence-electron chi connectivity index (χ4n) is 1.36. The number of benzene rings is 2. The van der Waals surface area contributed by atoms with E-state index in [0.717, 1.165) is 0 Å². The molecule has 2 rings (SSSR count). The zero-order chi connectivity index (χ0) is 14.1. The van der Waals surface area contributed by atoms with Crippen molar-refractivity contribution in [2.75, 3.05) is 0 Å². The molecule has 0 atom stereocenters. The molecule has 19 heavy (non-hydrogen) atoms. The molecule has 0 saturated heterocycles. The van der Waals surface area contributed by atoms with E-state index in [1.807, 2.05) is 30.3 Å². The topological polar surface area (TPSA) is 90.2 Å². The summed E-state index contributed by atoms with van der Waals surface area (Å²) < 4.78 is 5.55. The van der Waals surface area contributed by atoms with Crippen LogP contribution in [0, 0.1) is 0 Å². The van der Waals surface area contributed by atoms with Crippen molar-refractivity contribution in [2.24, 2.45) is 0 Å². The molecule has 0 unspecified atom stereocenters. The molecule has 0 aliphatic rings. The molecule has 1 radical (unpaired) electrons. The van der Waals surface area contributed by atoms with Crippen molar-refractivity contribution in [1.29, 1.82) is 0 Å². The van der Waals surface area contributed by atoms with Gasteiger partial charge in [0.1, 0.15) is 11.5 Å². The minimum Gasteiger partial charge on any atom is -0.457 e. The second-order valence-corrected chi connectivity index (χ2v) is 3.48. The van der Waals surface area contributed by atoms with Crippen LogP contribution in [0.2, 0.25) is 0 Å². The maximum Gasteiger partial charge on any atom is 0.488 e. The Morgan fingerprint density at radius 2 is 1.42 bits per heavy atom. The van der Waals surface area contributed by atoms with Gasteiger partial charge in [-0.25, -0.2) is 0 Å². The summed E-state index contributed by atoms with van der Waals surface area (Å²) in [5, 5.41) is 32.0. The smallest absolute Gasteiger partial charge is 0.457 e. The molecule has 4 N–H and O–H groups in total. The lowest BCUT2D eigenvalue weighted by atomic mass is 9.80. The quantitative estimate of drug-likeness (QED) is 0.566. The second kappa shape index (κ2) is 8.34. The summed E-state index contributed by atoms with van der Waals surface area (Å²) in [5.74, 6) is 1.30. The fourth-order valence-corrected chi connectivity index (χ4v) is 1.36. The van der Waals surface area contributed by atoms with Crippen molar-refractivity contribution in [3.8, 4) is 11.5 Å². The molecule has 0 saturated carbocycles. The predicted octanol–water partition coefficient (Wildman–Crippen LogP) is -0.336. The Hall–Kier alpha value is -1.79. The van der Waals surface area contributed by atoms with Gasteiger partial charge in [-0.15, -0.1) is 0 Å². The Morgan fingerprint density at radius 1 is 0.842 bits per heavy atom. The standard InChI is InChI=1S/C12H11BO3.BH2O2/c14-13(15)10-5-4-8-12(9-10)16-11-6-2-1-3-7-11;2-1-3/h1-9,14-15H;2-3H. The van der Waals surface area contributed by atoms with E-state index in [0.29, 0.717) is 17.0 Å². The molecule has 97 valence electrons. The van der Waals surface area contributed by atoms with Gasteiger partial charge < -0.3 is 24.8 Å². The Bertz CT molecular complexity index is 479. The lowest BCUT2D eigenvalue weighted by Crippen LogP contribution is -2.29. The normalized spacial score (nSPS) is 9.05. The van der Waals surface area contributed by atoms with E-state index in [1.165, 1.54) is 0 Å². The van der Waals surface area contributed by atoms with E-state index in [9.17, 15) is 0 Å². The van der Waals surface area contributed by atoms with Gasteiger partial charge in [-0.2, -0.15) is 0 Å². The van der Waals surface area contributed by atoms with Crippen LogP contribution in [0.1, 0.15) is 0 Å². The summed E-state index contributed by atoms with van der Waals surface area (Å²) in [6, 6.07) is 16.0. The highest BCUT2D eigenvalue weighted by Crippen LogP contribution is 2.19. The van der Waals surface area contributed by atoms with Gasteiger partial charge >= 0.3 is 14.8 Å². The number of hydrogen-bond acceptors (Lipinski definition) is 5. The first-order chi connectivity index (χ1) is 9.17. The molecule has 0 amide bonds. The van der Waals surface area contributed by atoms with E-state index in [4.69, 9.17) is 24.8 Å². The first kappa shape index (κ1) is 15.3. The number of ether oxygens (including phenoxy) is 1. The summed E-state index contributed by atoms with van der Waals surface area (Å²) in [5.41, 5.74) is 0.411. The fraction of sp³-hybridized carbons (Fsp3) is 0. The van der Waals surface area contributed by atoms with Crippen molar-refractivity contribution in [2.45, 2.75) is 0 Å². The van der Waals surface area contributed by atoms with E-state index in [2.05, 4.69) is 0 Å². The highest BCUT2D eigenvalue weighted by molar-refractivity contribution is 6.58. The Morgan fingerprint density at radius 3 is 2.00 bits per heavy atom.